The van der Waals surface area contributed by atoms with Crippen LogP contribution in [-0.2, 0) is 9.53 Å². The Morgan fingerprint density at radius 2 is 1.75 bits per heavy atom. The van der Waals surface area contributed by atoms with Gasteiger partial charge in [0.05, 0.1) is 17.3 Å². The number of ether oxygens (including phenoxy) is 1. The first-order chi connectivity index (χ1) is 15.2. The van der Waals surface area contributed by atoms with Gasteiger partial charge in [0.15, 0.2) is 5.84 Å². The Bertz CT molecular complexity index is 930. The second kappa shape index (κ2) is 9.81. The van der Waals surface area contributed by atoms with Gasteiger partial charge in [-0.05, 0) is 70.7 Å². The fourth-order valence-corrected chi connectivity index (χ4v) is 3.60. The zero-order valence-electron chi connectivity index (χ0n) is 18.8. The molecule has 2 aliphatic rings. The van der Waals surface area contributed by atoms with Gasteiger partial charge in [-0.1, -0.05) is 0 Å². The molecule has 0 bridgehead atoms. The lowest BCUT2D eigenvalue weighted by Gasteiger charge is -2.39. The largest absolute Gasteiger partial charge is 0.444 e. The molecule has 0 spiro atoms. The summed E-state index contributed by atoms with van der Waals surface area (Å²) in [6, 6.07) is 8.92. The number of rotatable bonds is 4. The van der Waals surface area contributed by atoms with E-state index in [0.29, 0.717) is 37.2 Å². The number of amides is 2. The SMILES string of the molecule is CC(C)(C)OC(=O)N1CCC(N(C(=O)C(N)=NC=Nc2ccc(C#N)cc2)C2CC2)CC1. The number of carbonyl (C=O) groups excluding carboxylic acids is 2. The molecule has 0 aromatic heterocycles. The third-order valence-corrected chi connectivity index (χ3v) is 5.30. The van der Waals surface area contributed by atoms with Crippen LogP contribution in [-0.4, -0.2) is 64.7 Å². The first kappa shape index (κ1) is 23.3. The summed E-state index contributed by atoms with van der Waals surface area (Å²) < 4.78 is 5.45. The van der Waals surface area contributed by atoms with Crippen LogP contribution in [0.2, 0.25) is 0 Å². The quantitative estimate of drug-likeness (QED) is 0.571. The monoisotopic (exact) mass is 438 g/mol. The molecule has 0 atom stereocenters. The highest BCUT2D eigenvalue weighted by atomic mass is 16.6. The van der Waals surface area contributed by atoms with Crippen LogP contribution in [0.1, 0.15) is 52.0 Å². The Kier molecular flexibility index (Phi) is 7.13. The van der Waals surface area contributed by atoms with Crippen molar-refractivity contribution < 1.29 is 14.3 Å². The molecule has 1 aromatic carbocycles. The number of piperidine rings is 1. The minimum absolute atomic E-state index is 0.0119. The number of hydrogen-bond donors (Lipinski definition) is 1. The summed E-state index contributed by atoms with van der Waals surface area (Å²) in [5.41, 5.74) is 6.61. The molecule has 2 N–H and O–H groups in total. The maximum absolute atomic E-state index is 13.0. The fraction of sp³-hybridized carbons (Fsp3) is 0.522. The molecule has 2 amide bonds. The smallest absolute Gasteiger partial charge is 0.410 e. The van der Waals surface area contributed by atoms with Crippen LogP contribution in [0.5, 0.6) is 0 Å². The lowest BCUT2D eigenvalue weighted by Crippen LogP contribution is -2.53. The van der Waals surface area contributed by atoms with Crippen LogP contribution >= 0.6 is 0 Å². The number of carbonyl (C=O) groups is 2. The van der Waals surface area contributed by atoms with Crippen molar-refractivity contribution in [2.45, 2.75) is 64.1 Å². The van der Waals surface area contributed by atoms with E-state index in [1.54, 1.807) is 29.2 Å². The summed E-state index contributed by atoms with van der Waals surface area (Å²) in [5, 5.41) is 8.84. The molecule has 2 fully saturated rings. The summed E-state index contributed by atoms with van der Waals surface area (Å²) in [6.45, 7) is 6.61. The number of aliphatic imine (C=N–C) groups is 2. The second-order valence-electron chi connectivity index (χ2n) is 9.06. The third-order valence-electron chi connectivity index (χ3n) is 5.30. The van der Waals surface area contributed by atoms with Crippen LogP contribution in [0.15, 0.2) is 34.3 Å². The van der Waals surface area contributed by atoms with Crippen LogP contribution in [0.25, 0.3) is 0 Å². The number of nitrogens with zero attached hydrogens (tertiary/aromatic N) is 5. The molecule has 3 rings (SSSR count). The number of nitriles is 1. The molecular formula is C23H30N6O3. The molecular weight excluding hydrogens is 408 g/mol. The minimum atomic E-state index is -0.534. The van der Waals surface area contributed by atoms with Crippen molar-refractivity contribution in [3.63, 3.8) is 0 Å². The maximum atomic E-state index is 13.0. The highest BCUT2D eigenvalue weighted by Crippen LogP contribution is 2.32. The molecule has 9 nitrogen and oxygen atoms in total. The zero-order valence-corrected chi connectivity index (χ0v) is 18.8. The highest BCUT2D eigenvalue weighted by Gasteiger charge is 2.40. The van der Waals surface area contributed by atoms with Crippen molar-refractivity contribution in [1.29, 1.82) is 5.26 Å². The maximum Gasteiger partial charge on any atom is 0.410 e. The van der Waals surface area contributed by atoms with E-state index in [0.717, 1.165) is 12.8 Å². The standard InChI is InChI=1S/C23H30N6O3/c1-23(2,3)32-22(31)28-12-10-19(11-13-28)29(18-8-9-18)21(30)20(25)27-15-26-17-6-4-16(14-24)5-7-17/h4-7,15,18-19H,8-13H2,1-3H3,(H2,25,26,27). The lowest BCUT2D eigenvalue weighted by molar-refractivity contribution is -0.127. The Morgan fingerprint density at radius 1 is 1.16 bits per heavy atom. The van der Waals surface area contributed by atoms with Crippen molar-refractivity contribution in [1.82, 2.24) is 9.80 Å². The third kappa shape index (κ3) is 6.30. The van der Waals surface area contributed by atoms with E-state index in [9.17, 15) is 9.59 Å². The fourth-order valence-electron chi connectivity index (χ4n) is 3.60. The highest BCUT2D eigenvalue weighted by molar-refractivity contribution is 6.38. The van der Waals surface area contributed by atoms with E-state index in [1.165, 1.54) is 6.34 Å². The van der Waals surface area contributed by atoms with Gasteiger partial charge in [0.25, 0.3) is 5.91 Å². The predicted octanol–water partition coefficient (Wildman–Crippen LogP) is 2.97. The lowest BCUT2D eigenvalue weighted by atomic mass is 10.0. The Morgan fingerprint density at radius 3 is 2.28 bits per heavy atom. The zero-order chi connectivity index (χ0) is 23.3. The van der Waals surface area contributed by atoms with Gasteiger partial charge in [0, 0.05) is 25.2 Å². The van der Waals surface area contributed by atoms with Crippen molar-refractivity contribution in [2.75, 3.05) is 13.1 Å². The normalized spacial score (nSPS) is 17.8. The van der Waals surface area contributed by atoms with E-state index in [4.69, 9.17) is 15.7 Å². The molecule has 1 saturated carbocycles. The van der Waals surface area contributed by atoms with Crippen LogP contribution in [0, 0.1) is 11.3 Å². The Labute approximate surface area is 188 Å². The van der Waals surface area contributed by atoms with E-state index in [2.05, 4.69) is 9.98 Å². The van der Waals surface area contributed by atoms with Gasteiger partial charge < -0.3 is 20.3 Å². The van der Waals surface area contributed by atoms with Crippen LogP contribution in [0.3, 0.4) is 0 Å². The van der Waals surface area contributed by atoms with Crippen LogP contribution < -0.4 is 5.73 Å². The molecule has 32 heavy (non-hydrogen) atoms. The average molecular weight is 439 g/mol. The predicted molar refractivity (Wildman–Crippen MR) is 122 cm³/mol. The van der Waals surface area contributed by atoms with Gasteiger partial charge in [-0.25, -0.2) is 14.8 Å². The number of nitrogens with two attached hydrogens (primary N) is 1. The van der Waals surface area contributed by atoms with Gasteiger partial charge >= 0.3 is 6.09 Å². The average Bonchev–Trinajstić information content (AvgIpc) is 3.58. The first-order valence-corrected chi connectivity index (χ1v) is 10.8. The number of hydrogen-bond acceptors (Lipinski definition) is 5. The molecule has 0 unspecified atom stereocenters. The van der Waals surface area contributed by atoms with Gasteiger partial charge in [-0.15, -0.1) is 0 Å². The first-order valence-electron chi connectivity index (χ1n) is 10.8. The summed E-state index contributed by atoms with van der Waals surface area (Å²) in [5.74, 6) is -0.404. The van der Waals surface area contributed by atoms with E-state index >= 15 is 0 Å². The Balaban J connectivity index is 1.60. The molecule has 1 heterocycles. The molecule has 0 radical (unpaired) electrons. The number of likely N-dealkylation sites (tertiary alicyclic amines) is 1. The summed E-state index contributed by atoms with van der Waals surface area (Å²) in [4.78, 5) is 37.0. The molecule has 1 saturated heterocycles. The van der Waals surface area contributed by atoms with Crippen LogP contribution in [0.4, 0.5) is 10.5 Å². The van der Waals surface area contributed by atoms with Crippen molar-refractivity contribution >= 4 is 29.9 Å². The molecule has 9 heteroatoms. The number of amidine groups is 1. The summed E-state index contributed by atoms with van der Waals surface area (Å²) in [6.07, 6.45) is 4.18. The molecule has 1 aliphatic carbocycles. The number of benzene rings is 1. The molecule has 170 valence electrons. The van der Waals surface area contributed by atoms with Gasteiger partial charge in [0.1, 0.15) is 11.9 Å². The van der Waals surface area contributed by atoms with Crippen molar-refractivity contribution in [3.8, 4) is 6.07 Å². The molecule has 1 aromatic rings. The van der Waals surface area contributed by atoms with E-state index in [1.807, 2.05) is 31.7 Å². The minimum Gasteiger partial charge on any atom is -0.444 e. The summed E-state index contributed by atoms with van der Waals surface area (Å²) >= 11 is 0. The van der Waals surface area contributed by atoms with Crippen molar-refractivity contribution in [2.24, 2.45) is 15.7 Å². The second-order valence-corrected chi connectivity index (χ2v) is 9.06. The topological polar surface area (TPSA) is 124 Å². The van der Waals surface area contributed by atoms with Crippen molar-refractivity contribution in [3.05, 3.63) is 29.8 Å². The van der Waals surface area contributed by atoms with E-state index < -0.39 is 5.60 Å². The van der Waals surface area contributed by atoms with E-state index in [-0.39, 0.29) is 29.9 Å². The van der Waals surface area contributed by atoms with Gasteiger partial charge in [-0.2, -0.15) is 5.26 Å². The van der Waals surface area contributed by atoms with Gasteiger partial charge in [-0.3, -0.25) is 4.79 Å². The molecule has 1 aliphatic heterocycles. The summed E-state index contributed by atoms with van der Waals surface area (Å²) in [7, 11) is 0. The van der Waals surface area contributed by atoms with Gasteiger partial charge in [0.2, 0.25) is 0 Å². The Hall–Kier alpha value is -3.41.